The van der Waals surface area contributed by atoms with Gasteiger partial charge in [0, 0.05) is 17.2 Å². The Hall–Kier alpha value is -1.36. The number of rotatable bonds is 4. The van der Waals surface area contributed by atoms with E-state index in [0.29, 0.717) is 11.3 Å². The number of fused-ring (bicyclic) bond motifs is 2. The monoisotopic (exact) mass is 508 g/mol. The highest BCUT2D eigenvalue weighted by Gasteiger charge is 2.34. The Bertz CT molecular complexity index is 936. The van der Waals surface area contributed by atoms with Gasteiger partial charge in [0.2, 0.25) is 0 Å². The minimum atomic E-state index is -3.70. The Morgan fingerprint density at radius 2 is 1.92 bits per heavy atom. The predicted octanol–water partition coefficient (Wildman–Crippen LogP) is 3.01. The van der Waals surface area contributed by atoms with Gasteiger partial charge in [-0.25, -0.2) is 8.42 Å². The number of hydrogen-bond acceptors (Lipinski definition) is 4. The predicted molar refractivity (Wildman–Crippen MR) is 111 cm³/mol. The van der Waals surface area contributed by atoms with E-state index < -0.39 is 22.0 Å². The molecule has 0 fully saturated rings. The van der Waals surface area contributed by atoms with Crippen molar-refractivity contribution in [1.29, 1.82) is 0 Å². The first-order valence-corrected chi connectivity index (χ1v) is 10.2. The standard InChI is InChI=1S/C17H17IN2O4S.ClH/c1-20-14-5-3-2-4-12(14)17(19-9-8-16(21)22)13-7-6-11(18)10-15(13)25(20,23)24;/h2-7,10,17,19H,8-9H2,1H3,(H,21,22);1H. The molecule has 2 aromatic carbocycles. The topological polar surface area (TPSA) is 86.7 Å². The maximum atomic E-state index is 13.1. The molecule has 0 radical (unpaired) electrons. The number of para-hydroxylation sites is 1. The summed E-state index contributed by atoms with van der Waals surface area (Å²) in [6, 6.07) is 12.2. The van der Waals surface area contributed by atoms with Crippen molar-refractivity contribution >= 4 is 56.7 Å². The molecule has 1 aliphatic heterocycles. The molecule has 140 valence electrons. The van der Waals surface area contributed by atoms with Crippen LogP contribution in [0.2, 0.25) is 0 Å². The molecule has 9 heteroatoms. The molecule has 1 atom stereocenters. The number of halogens is 2. The van der Waals surface area contributed by atoms with Gasteiger partial charge in [-0.15, -0.1) is 12.4 Å². The number of carboxylic acid groups (broad SMARTS) is 1. The van der Waals surface area contributed by atoms with E-state index in [1.54, 1.807) is 24.3 Å². The average Bonchev–Trinajstić information content (AvgIpc) is 2.63. The molecule has 2 aromatic rings. The van der Waals surface area contributed by atoms with Gasteiger partial charge < -0.3 is 10.4 Å². The Labute approximate surface area is 172 Å². The lowest BCUT2D eigenvalue weighted by atomic mass is 9.97. The number of hydrogen-bond donors (Lipinski definition) is 2. The summed E-state index contributed by atoms with van der Waals surface area (Å²) in [6.45, 7) is 0.240. The van der Waals surface area contributed by atoms with Gasteiger partial charge in [0.05, 0.1) is 23.0 Å². The molecule has 26 heavy (non-hydrogen) atoms. The molecule has 0 aromatic heterocycles. The minimum Gasteiger partial charge on any atom is -0.481 e. The Kier molecular flexibility index (Phi) is 6.54. The maximum Gasteiger partial charge on any atom is 0.304 e. The van der Waals surface area contributed by atoms with Crippen molar-refractivity contribution in [3.8, 4) is 0 Å². The molecule has 6 nitrogen and oxygen atoms in total. The zero-order valence-corrected chi connectivity index (χ0v) is 17.6. The smallest absolute Gasteiger partial charge is 0.304 e. The van der Waals surface area contributed by atoms with Crippen molar-refractivity contribution in [2.24, 2.45) is 0 Å². The van der Waals surface area contributed by atoms with Crippen molar-refractivity contribution < 1.29 is 18.3 Å². The summed E-state index contributed by atoms with van der Waals surface area (Å²) in [5.74, 6) is -0.901. The number of carboxylic acids is 1. The summed E-state index contributed by atoms with van der Waals surface area (Å²) >= 11 is 2.09. The normalized spacial score (nSPS) is 17.5. The summed E-state index contributed by atoms with van der Waals surface area (Å²) in [7, 11) is -2.16. The van der Waals surface area contributed by atoms with Crippen LogP contribution in [0.4, 0.5) is 5.69 Å². The number of benzene rings is 2. The maximum absolute atomic E-state index is 13.1. The van der Waals surface area contributed by atoms with Gasteiger partial charge in [-0.3, -0.25) is 9.10 Å². The van der Waals surface area contributed by atoms with Gasteiger partial charge >= 0.3 is 5.97 Å². The zero-order chi connectivity index (χ0) is 18.2. The lowest BCUT2D eigenvalue weighted by Gasteiger charge is -2.21. The molecule has 0 saturated carbocycles. The molecule has 0 spiro atoms. The van der Waals surface area contributed by atoms with Gasteiger partial charge in [-0.1, -0.05) is 24.3 Å². The Morgan fingerprint density at radius 3 is 2.62 bits per heavy atom. The third-order valence-electron chi connectivity index (χ3n) is 4.20. The van der Waals surface area contributed by atoms with Crippen LogP contribution in [0.1, 0.15) is 23.6 Å². The fourth-order valence-electron chi connectivity index (χ4n) is 2.98. The summed E-state index contributed by atoms with van der Waals surface area (Å²) < 4.78 is 28.2. The van der Waals surface area contributed by atoms with Crippen LogP contribution in [-0.2, 0) is 14.8 Å². The molecule has 3 rings (SSSR count). The van der Waals surface area contributed by atoms with Crippen molar-refractivity contribution in [1.82, 2.24) is 5.32 Å². The molecule has 1 aliphatic rings. The van der Waals surface area contributed by atoms with Gasteiger partial charge in [0.25, 0.3) is 10.0 Å². The lowest BCUT2D eigenvalue weighted by molar-refractivity contribution is -0.136. The largest absolute Gasteiger partial charge is 0.481 e. The van der Waals surface area contributed by atoms with Crippen LogP contribution in [0.15, 0.2) is 47.4 Å². The number of carbonyl (C=O) groups is 1. The zero-order valence-electron chi connectivity index (χ0n) is 13.8. The lowest BCUT2D eigenvalue weighted by Crippen LogP contribution is -2.26. The average molecular weight is 509 g/mol. The molecule has 1 heterocycles. The van der Waals surface area contributed by atoms with Crippen molar-refractivity contribution in [3.05, 3.63) is 57.2 Å². The molecule has 2 N–H and O–H groups in total. The quantitative estimate of drug-likeness (QED) is 0.620. The van der Waals surface area contributed by atoms with Crippen molar-refractivity contribution in [2.45, 2.75) is 17.4 Å². The van der Waals surface area contributed by atoms with Gasteiger partial charge in [-0.05, 0) is 51.9 Å². The molecular weight excluding hydrogens is 491 g/mol. The fourth-order valence-corrected chi connectivity index (χ4v) is 5.16. The van der Waals surface area contributed by atoms with E-state index in [1.165, 1.54) is 11.4 Å². The second kappa shape index (κ2) is 8.12. The van der Waals surface area contributed by atoms with Crippen molar-refractivity contribution in [2.75, 3.05) is 17.9 Å². The van der Waals surface area contributed by atoms with Crippen LogP contribution < -0.4 is 9.62 Å². The highest BCUT2D eigenvalue weighted by atomic mass is 127. The van der Waals surface area contributed by atoms with Crippen LogP contribution >= 0.6 is 35.0 Å². The minimum absolute atomic E-state index is 0. The van der Waals surface area contributed by atoms with E-state index in [4.69, 9.17) is 5.11 Å². The van der Waals surface area contributed by atoms with Gasteiger partial charge in [-0.2, -0.15) is 0 Å². The molecule has 0 bridgehead atoms. The van der Waals surface area contributed by atoms with E-state index >= 15 is 0 Å². The first kappa shape index (κ1) is 20.9. The molecule has 1 unspecified atom stereocenters. The van der Waals surface area contributed by atoms with Crippen LogP contribution in [0, 0.1) is 3.57 Å². The first-order chi connectivity index (χ1) is 11.8. The third kappa shape index (κ3) is 3.83. The van der Waals surface area contributed by atoms with Crippen molar-refractivity contribution in [3.63, 3.8) is 0 Å². The summed E-state index contributed by atoms with van der Waals surface area (Å²) in [5, 5.41) is 12.1. The summed E-state index contributed by atoms with van der Waals surface area (Å²) in [6.07, 6.45) is -0.0407. The second-order valence-corrected chi connectivity index (χ2v) is 8.93. The SMILES string of the molecule is CN1c2ccccc2C(NCCC(=O)O)c2ccc(I)cc2S1(=O)=O.Cl. The van der Waals surface area contributed by atoms with Gasteiger partial charge in [0.1, 0.15) is 0 Å². The van der Waals surface area contributed by atoms with E-state index in [-0.39, 0.29) is 30.3 Å². The summed E-state index contributed by atoms with van der Waals surface area (Å²) in [5.41, 5.74) is 2.02. The number of sulfonamides is 1. The Balaban J connectivity index is 0.00000243. The van der Waals surface area contributed by atoms with E-state index in [2.05, 4.69) is 27.9 Å². The second-order valence-electron chi connectivity index (χ2n) is 5.74. The Morgan fingerprint density at radius 1 is 1.23 bits per heavy atom. The third-order valence-corrected chi connectivity index (χ3v) is 6.70. The van der Waals surface area contributed by atoms with Crippen LogP contribution in [0.3, 0.4) is 0 Å². The number of nitrogens with one attached hydrogen (secondary N) is 1. The summed E-state index contributed by atoms with van der Waals surface area (Å²) in [4.78, 5) is 11.1. The first-order valence-electron chi connectivity index (χ1n) is 7.65. The highest BCUT2D eigenvalue weighted by molar-refractivity contribution is 14.1. The number of nitrogens with zero attached hydrogens (tertiary/aromatic N) is 1. The van der Waals surface area contributed by atoms with Crippen LogP contribution in [-0.4, -0.2) is 33.1 Å². The number of aliphatic carboxylic acids is 1. The molecule has 0 amide bonds. The highest BCUT2D eigenvalue weighted by Crippen LogP contribution is 2.40. The van der Waals surface area contributed by atoms with E-state index in [0.717, 1.165) is 9.13 Å². The molecule has 0 saturated heterocycles. The fraction of sp³-hybridized carbons (Fsp3) is 0.235. The van der Waals surface area contributed by atoms with Crippen LogP contribution in [0.25, 0.3) is 0 Å². The van der Waals surface area contributed by atoms with Crippen LogP contribution in [0.5, 0.6) is 0 Å². The van der Waals surface area contributed by atoms with E-state index in [1.807, 2.05) is 18.2 Å². The molecule has 0 aliphatic carbocycles. The molecular formula is C17H18ClIN2O4S. The van der Waals surface area contributed by atoms with E-state index in [9.17, 15) is 13.2 Å². The number of anilines is 1. The van der Waals surface area contributed by atoms with Gasteiger partial charge in [0.15, 0.2) is 0 Å².